The Morgan fingerprint density at radius 1 is 1.25 bits per heavy atom. The van der Waals surface area contributed by atoms with Gasteiger partial charge in [0.2, 0.25) is 0 Å². The summed E-state index contributed by atoms with van der Waals surface area (Å²) >= 11 is 0. The van der Waals surface area contributed by atoms with Crippen LogP contribution in [0, 0.1) is 0 Å². The Kier molecular flexibility index (Phi) is 20.7. The molecule has 0 aliphatic carbocycles. The van der Waals surface area contributed by atoms with Crippen LogP contribution in [0.3, 0.4) is 0 Å². The molecule has 0 heterocycles. The topological polar surface area (TPSA) is 70.1 Å². The molecule has 0 radical (unpaired) electrons. The van der Waals surface area contributed by atoms with Crippen molar-refractivity contribution in [2.45, 2.75) is 6.92 Å². The minimum Gasteiger partial charge on any atom is -0.479 e. The van der Waals surface area contributed by atoms with Crippen LogP contribution >= 0.6 is 0 Å². The Morgan fingerprint density at radius 3 is 1.62 bits per heavy atom. The molecule has 6 nitrogen and oxygen atoms in total. The molecule has 0 aromatic rings. The van der Waals surface area contributed by atoms with Gasteiger partial charge in [-0.2, -0.15) is 0 Å². The second-order valence-corrected chi connectivity index (χ2v) is 3.54. The summed E-state index contributed by atoms with van der Waals surface area (Å²) in [7, 11) is 10.1. The molecule has 98 valence electrons. The molecule has 16 heavy (non-hydrogen) atoms. The van der Waals surface area contributed by atoms with Gasteiger partial charge in [-0.3, -0.25) is 4.79 Å². The lowest BCUT2D eigenvalue weighted by Crippen LogP contribution is -2.08. The van der Waals surface area contributed by atoms with E-state index in [1.807, 2.05) is 26.0 Å². The molecule has 0 spiro atoms. The molecule has 0 aromatic carbocycles. The summed E-state index contributed by atoms with van der Waals surface area (Å²) in [6.45, 7) is 2.80. The van der Waals surface area contributed by atoms with E-state index in [-0.39, 0.29) is 6.47 Å². The zero-order valence-corrected chi connectivity index (χ0v) is 11.1. The van der Waals surface area contributed by atoms with E-state index in [4.69, 9.17) is 5.11 Å². The predicted octanol–water partition coefficient (Wildman–Crippen LogP) is -0.0103. The van der Waals surface area contributed by atoms with Crippen LogP contribution in [0.15, 0.2) is 0 Å². The third-order valence-corrected chi connectivity index (χ3v) is 0.907. The van der Waals surface area contributed by atoms with Crippen molar-refractivity contribution in [3.8, 4) is 0 Å². The van der Waals surface area contributed by atoms with Crippen LogP contribution in [0.5, 0.6) is 0 Å². The lowest BCUT2D eigenvalue weighted by Gasteiger charge is -2.00. The van der Waals surface area contributed by atoms with Crippen LogP contribution in [0.1, 0.15) is 6.92 Å². The van der Waals surface area contributed by atoms with Gasteiger partial charge in [-0.25, -0.2) is 4.79 Å². The van der Waals surface area contributed by atoms with E-state index >= 15 is 0 Å². The summed E-state index contributed by atoms with van der Waals surface area (Å²) in [6.07, 6.45) is 0. The molecule has 0 aliphatic heterocycles. The molecule has 0 rings (SSSR count). The van der Waals surface area contributed by atoms with Gasteiger partial charge >= 0.3 is 5.97 Å². The highest BCUT2D eigenvalue weighted by atomic mass is 16.5. The summed E-state index contributed by atoms with van der Waals surface area (Å²) in [4.78, 5) is 22.8. The number of hydrogen-bond donors (Lipinski definition) is 1. The standard InChI is InChI=1S/C4H11N.C3H9N.C3H4O4/c1-4-5(2)3;1-4(2)3;4-2-7-1-3(5)6/h4H2,1-3H3;1-3H3;2H,1H2,(H,5,6). The fraction of sp³-hybridized carbons (Fsp3) is 0.800. The van der Waals surface area contributed by atoms with Crippen molar-refractivity contribution in [1.29, 1.82) is 0 Å². The van der Waals surface area contributed by atoms with E-state index in [0.29, 0.717) is 0 Å². The quantitative estimate of drug-likeness (QED) is 0.692. The Labute approximate surface area is 97.8 Å². The van der Waals surface area contributed by atoms with Gasteiger partial charge in [-0.1, -0.05) is 6.92 Å². The second-order valence-electron chi connectivity index (χ2n) is 3.54. The van der Waals surface area contributed by atoms with Gasteiger partial charge in [0, 0.05) is 0 Å². The van der Waals surface area contributed by atoms with Crippen molar-refractivity contribution in [3.63, 3.8) is 0 Å². The molecular formula is C10H24N2O4. The van der Waals surface area contributed by atoms with E-state index in [2.05, 4.69) is 30.7 Å². The van der Waals surface area contributed by atoms with Crippen molar-refractivity contribution < 1.29 is 19.4 Å². The smallest absolute Gasteiger partial charge is 0.341 e. The van der Waals surface area contributed by atoms with Crippen LogP contribution in [-0.4, -0.2) is 75.7 Å². The first-order chi connectivity index (χ1) is 7.27. The third-order valence-electron chi connectivity index (χ3n) is 0.907. The SMILES string of the molecule is CCN(C)C.CN(C)C.O=COCC(=O)O. The first kappa shape index (κ1) is 20.3. The second kappa shape index (κ2) is 16.3. The molecule has 0 aromatic heterocycles. The van der Waals surface area contributed by atoms with E-state index in [1.165, 1.54) is 0 Å². The van der Waals surface area contributed by atoms with Crippen LogP contribution in [0.4, 0.5) is 0 Å². The lowest BCUT2D eigenvalue weighted by atomic mass is 10.7. The maximum absolute atomic E-state index is 9.47. The summed E-state index contributed by atoms with van der Waals surface area (Å²) in [5.41, 5.74) is 0. The number of carboxylic acid groups (broad SMARTS) is 1. The van der Waals surface area contributed by atoms with Gasteiger partial charge in [0.05, 0.1) is 0 Å². The van der Waals surface area contributed by atoms with Crippen LogP contribution < -0.4 is 0 Å². The number of carbonyl (C=O) groups excluding carboxylic acids is 1. The Bertz CT molecular complexity index is 158. The number of hydrogen-bond acceptors (Lipinski definition) is 5. The van der Waals surface area contributed by atoms with Crippen molar-refractivity contribution in [1.82, 2.24) is 9.80 Å². The lowest BCUT2D eigenvalue weighted by molar-refractivity contribution is -0.147. The maximum atomic E-state index is 9.47. The highest BCUT2D eigenvalue weighted by molar-refractivity contribution is 5.69. The van der Waals surface area contributed by atoms with E-state index in [0.717, 1.165) is 6.54 Å². The van der Waals surface area contributed by atoms with Gasteiger partial charge in [-0.05, 0) is 41.8 Å². The number of aliphatic carboxylic acids is 1. The normalized spacial score (nSPS) is 8.50. The average molecular weight is 236 g/mol. The van der Waals surface area contributed by atoms with Gasteiger partial charge in [0.1, 0.15) is 0 Å². The first-order valence-electron chi connectivity index (χ1n) is 4.80. The molecular weight excluding hydrogens is 212 g/mol. The van der Waals surface area contributed by atoms with Crippen LogP contribution in [0.2, 0.25) is 0 Å². The van der Waals surface area contributed by atoms with Gasteiger partial charge in [0.25, 0.3) is 6.47 Å². The molecule has 0 atom stereocenters. The predicted molar refractivity (Wildman–Crippen MR) is 63.5 cm³/mol. The molecule has 1 N–H and O–H groups in total. The zero-order valence-electron chi connectivity index (χ0n) is 11.1. The Hall–Kier alpha value is -1.14. The number of nitrogens with zero attached hydrogens (tertiary/aromatic N) is 2. The number of carbonyl (C=O) groups is 2. The molecule has 0 amide bonds. The highest BCUT2D eigenvalue weighted by Gasteiger charge is 1.90. The number of rotatable bonds is 4. The van der Waals surface area contributed by atoms with Gasteiger partial charge in [0.15, 0.2) is 6.61 Å². The largest absolute Gasteiger partial charge is 0.479 e. The van der Waals surface area contributed by atoms with Crippen molar-refractivity contribution in [3.05, 3.63) is 0 Å². The van der Waals surface area contributed by atoms with Gasteiger partial charge in [-0.15, -0.1) is 0 Å². The molecule has 0 bridgehead atoms. The summed E-state index contributed by atoms with van der Waals surface area (Å²) in [5, 5.41) is 7.76. The number of carboxylic acids is 1. The fourth-order valence-electron chi connectivity index (χ4n) is 0.105. The Morgan fingerprint density at radius 2 is 1.56 bits per heavy atom. The van der Waals surface area contributed by atoms with E-state index in [1.54, 1.807) is 0 Å². The minimum atomic E-state index is -1.15. The molecule has 0 saturated carbocycles. The molecule has 0 unspecified atom stereocenters. The summed E-state index contributed by atoms with van der Waals surface area (Å²) < 4.78 is 3.81. The van der Waals surface area contributed by atoms with E-state index in [9.17, 15) is 9.59 Å². The molecule has 0 fully saturated rings. The van der Waals surface area contributed by atoms with Gasteiger partial charge < -0.3 is 19.6 Å². The third kappa shape index (κ3) is 76.6. The van der Waals surface area contributed by atoms with Crippen molar-refractivity contribution >= 4 is 12.4 Å². The fourth-order valence-corrected chi connectivity index (χ4v) is 0.105. The summed E-state index contributed by atoms with van der Waals surface area (Å²) in [6, 6.07) is 0. The van der Waals surface area contributed by atoms with Crippen LogP contribution in [-0.2, 0) is 14.3 Å². The minimum absolute atomic E-state index is 0.0914. The summed E-state index contributed by atoms with van der Waals surface area (Å²) in [5.74, 6) is -1.15. The molecule has 0 saturated heterocycles. The average Bonchev–Trinajstić information content (AvgIpc) is 2.14. The highest BCUT2D eigenvalue weighted by Crippen LogP contribution is 1.64. The monoisotopic (exact) mass is 236 g/mol. The zero-order chi connectivity index (χ0) is 13.6. The Balaban J connectivity index is -0.000000166. The van der Waals surface area contributed by atoms with E-state index < -0.39 is 12.6 Å². The van der Waals surface area contributed by atoms with Crippen molar-refractivity contribution in [2.75, 3.05) is 48.4 Å². The van der Waals surface area contributed by atoms with Crippen molar-refractivity contribution in [2.24, 2.45) is 0 Å². The van der Waals surface area contributed by atoms with Crippen LogP contribution in [0.25, 0.3) is 0 Å². The molecule has 6 heteroatoms. The maximum Gasteiger partial charge on any atom is 0.341 e. The number of ether oxygens (including phenoxy) is 1. The first-order valence-corrected chi connectivity index (χ1v) is 4.80. The molecule has 0 aliphatic rings.